The van der Waals surface area contributed by atoms with Crippen LogP contribution in [0.25, 0.3) is 0 Å². The minimum atomic E-state index is -0.645. The number of benzene rings is 2. The molecule has 0 spiro atoms. The number of nitro groups is 1. The molecule has 0 heterocycles. The maximum Gasteiger partial charge on any atom is 0.282 e. The fourth-order valence-electron chi connectivity index (χ4n) is 2.03. The van der Waals surface area contributed by atoms with Crippen molar-refractivity contribution in [2.24, 2.45) is 0 Å². The third kappa shape index (κ3) is 3.67. The van der Waals surface area contributed by atoms with Gasteiger partial charge in [0.05, 0.1) is 12.0 Å². The van der Waals surface area contributed by atoms with Crippen LogP contribution >= 0.6 is 0 Å². The number of nitro benzene ring substituents is 1. The van der Waals surface area contributed by atoms with Gasteiger partial charge in [0.2, 0.25) is 0 Å². The van der Waals surface area contributed by atoms with Gasteiger partial charge in [0, 0.05) is 24.4 Å². The molecule has 2 amide bonds. The summed E-state index contributed by atoms with van der Waals surface area (Å²) in [6, 6.07) is 10.1. The Morgan fingerprint density at radius 1 is 1.08 bits per heavy atom. The van der Waals surface area contributed by atoms with Gasteiger partial charge in [-0.25, -0.2) is 0 Å². The van der Waals surface area contributed by atoms with Gasteiger partial charge in [-0.1, -0.05) is 0 Å². The molecule has 0 aliphatic rings. The van der Waals surface area contributed by atoms with Crippen LogP contribution < -0.4 is 15.4 Å². The highest BCUT2D eigenvalue weighted by atomic mass is 16.6. The van der Waals surface area contributed by atoms with Crippen molar-refractivity contribution >= 4 is 23.2 Å². The molecule has 2 aromatic rings. The zero-order chi connectivity index (χ0) is 17.7. The molecule has 124 valence electrons. The third-order valence-electron chi connectivity index (χ3n) is 3.28. The first-order valence-corrected chi connectivity index (χ1v) is 6.92. The summed E-state index contributed by atoms with van der Waals surface area (Å²) in [6.07, 6.45) is 0. The van der Waals surface area contributed by atoms with Gasteiger partial charge in [-0.15, -0.1) is 0 Å². The number of carbonyl (C=O) groups is 2. The van der Waals surface area contributed by atoms with E-state index in [1.165, 1.54) is 56.6 Å². The first kappa shape index (κ1) is 16.9. The molecule has 0 aliphatic carbocycles. The fraction of sp³-hybridized carbons (Fsp3) is 0.125. The number of rotatable bonds is 5. The van der Waals surface area contributed by atoms with Crippen LogP contribution in [0.4, 0.5) is 11.4 Å². The molecule has 2 aromatic carbocycles. The van der Waals surface area contributed by atoms with Gasteiger partial charge in [0.15, 0.2) is 0 Å². The third-order valence-corrected chi connectivity index (χ3v) is 3.28. The van der Waals surface area contributed by atoms with Crippen molar-refractivity contribution in [3.05, 3.63) is 63.7 Å². The molecule has 0 bridgehead atoms. The van der Waals surface area contributed by atoms with Crippen molar-refractivity contribution in [2.45, 2.75) is 0 Å². The van der Waals surface area contributed by atoms with Crippen molar-refractivity contribution in [1.29, 1.82) is 0 Å². The topological polar surface area (TPSA) is 111 Å². The Morgan fingerprint density at radius 2 is 1.75 bits per heavy atom. The van der Waals surface area contributed by atoms with E-state index in [0.717, 1.165) is 0 Å². The van der Waals surface area contributed by atoms with Gasteiger partial charge >= 0.3 is 0 Å². The molecule has 8 nitrogen and oxygen atoms in total. The van der Waals surface area contributed by atoms with E-state index in [9.17, 15) is 19.7 Å². The molecule has 8 heteroatoms. The summed E-state index contributed by atoms with van der Waals surface area (Å²) in [7, 11) is 2.92. The Bertz CT molecular complexity index is 787. The van der Waals surface area contributed by atoms with E-state index in [2.05, 4.69) is 10.6 Å². The van der Waals surface area contributed by atoms with Crippen LogP contribution in [-0.4, -0.2) is 30.9 Å². The average Bonchev–Trinajstić information content (AvgIpc) is 2.60. The van der Waals surface area contributed by atoms with Crippen molar-refractivity contribution in [2.75, 3.05) is 19.5 Å². The highest BCUT2D eigenvalue weighted by Crippen LogP contribution is 2.25. The predicted molar refractivity (Wildman–Crippen MR) is 87.4 cm³/mol. The van der Waals surface area contributed by atoms with E-state index in [4.69, 9.17) is 4.74 Å². The van der Waals surface area contributed by atoms with E-state index in [1.54, 1.807) is 0 Å². The molecular formula is C16H15N3O5. The van der Waals surface area contributed by atoms with Crippen molar-refractivity contribution in [3.8, 4) is 5.75 Å². The number of nitrogens with one attached hydrogen (secondary N) is 2. The molecule has 0 atom stereocenters. The van der Waals surface area contributed by atoms with Crippen LogP contribution in [0.1, 0.15) is 20.7 Å². The maximum absolute atomic E-state index is 12.3. The smallest absolute Gasteiger partial charge is 0.282 e. The molecule has 0 fully saturated rings. The molecule has 0 aliphatic heterocycles. The molecule has 0 radical (unpaired) electrons. The van der Waals surface area contributed by atoms with Gasteiger partial charge in [0.1, 0.15) is 11.3 Å². The van der Waals surface area contributed by atoms with Gasteiger partial charge in [0.25, 0.3) is 17.5 Å². The second-order valence-electron chi connectivity index (χ2n) is 4.75. The van der Waals surface area contributed by atoms with Crippen molar-refractivity contribution in [3.63, 3.8) is 0 Å². The highest BCUT2D eigenvalue weighted by molar-refractivity contribution is 6.07. The summed E-state index contributed by atoms with van der Waals surface area (Å²) in [5.41, 5.74) is 0.401. The van der Waals surface area contributed by atoms with Crippen LogP contribution in [0.2, 0.25) is 0 Å². The normalized spacial score (nSPS) is 9.92. The Morgan fingerprint density at radius 3 is 2.29 bits per heavy atom. The number of nitrogens with zero attached hydrogens (tertiary/aromatic N) is 1. The molecule has 2 N–H and O–H groups in total. The van der Waals surface area contributed by atoms with Crippen LogP contribution in [0, 0.1) is 10.1 Å². The lowest BCUT2D eigenvalue weighted by Crippen LogP contribution is -2.18. The Hall–Kier alpha value is -3.42. The minimum absolute atomic E-state index is 0.116. The number of hydrogen-bond donors (Lipinski definition) is 2. The van der Waals surface area contributed by atoms with Gasteiger partial charge in [-0.2, -0.15) is 0 Å². The summed E-state index contributed by atoms with van der Waals surface area (Å²) in [5.74, 6) is -0.565. The Labute approximate surface area is 137 Å². The number of amides is 2. The summed E-state index contributed by atoms with van der Waals surface area (Å²) < 4.78 is 5.00. The largest absolute Gasteiger partial charge is 0.497 e. The minimum Gasteiger partial charge on any atom is -0.497 e. The van der Waals surface area contributed by atoms with Crippen LogP contribution in [0.15, 0.2) is 42.5 Å². The molecule has 0 aromatic heterocycles. The van der Waals surface area contributed by atoms with E-state index in [-0.39, 0.29) is 17.2 Å². The first-order valence-electron chi connectivity index (χ1n) is 6.92. The van der Waals surface area contributed by atoms with Crippen LogP contribution in [-0.2, 0) is 0 Å². The van der Waals surface area contributed by atoms with Crippen molar-refractivity contribution < 1.29 is 19.2 Å². The SMILES string of the molecule is CNC(=O)c1ccc(NC(=O)c2cc(OC)ccc2[N+](=O)[O-])cc1. The lowest BCUT2D eigenvalue weighted by molar-refractivity contribution is -0.385. The second kappa shape index (κ2) is 7.23. The van der Waals surface area contributed by atoms with E-state index in [1.807, 2.05) is 0 Å². The molecule has 24 heavy (non-hydrogen) atoms. The molecular weight excluding hydrogens is 314 g/mol. The number of methoxy groups -OCH3 is 1. The molecule has 0 saturated carbocycles. The number of hydrogen-bond acceptors (Lipinski definition) is 5. The molecule has 2 rings (SSSR count). The Kier molecular flexibility index (Phi) is 5.10. The number of ether oxygens (including phenoxy) is 1. The first-order chi connectivity index (χ1) is 11.5. The van der Waals surface area contributed by atoms with E-state index in [0.29, 0.717) is 17.0 Å². The van der Waals surface area contributed by atoms with E-state index < -0.39 is 10.8 Å². The van der Waals surface area contributed by atoms with Crippen LogP contribution in [0.3, 0.4) is 0 Å². The summed E-state index contributed by atoms with van der Waals surface area (Å²) >= 11 is 0. The van der Waals surface area contributed by atoms with Gasteiger partial charge in [-0.3, -0.25) is 19.7 Å². The number of carbonyl (C=O) groups excluding carboxylic acids is 2. The summed E-state index contributed by atoms with van der Waals surface area (Å²) in [5, 5.41) is 16.1. The molecule has 0 saturated heterocycles. The van der Waals surface area contributed by atoms with Gasteiger partial charge in [-0.05, 0) is 36.4 Å². The second-order valence-corrected chi connectivity index (χ2v) is 4.75. The summed E-state index contributed by atoms with van der Waals surface area (Å²) in [4.78, 5) is 34.2. The number of anilines is 1. The van der Waals surface area contributed by atoms with Crippen LogP contribution in [0.5, 0.6) is 5.75 Å². The maximum atomic E-state index is 12.3. The molecule has 0 unspecified atom stereocenters. The lowest BCUT2D eigenvalue weighted by atomic mass is 10.1. The van der Waals surface area contributed by atoms with Gasteiger partial charge < -0.3 is 15.4 Å². The monoisotopic (exact) mass is 329 g/mol. The lowest BCUT2D eigenvalue weighted by Gasteiger charge is -2.08. The van der Waals surface area contributed by atoms with E-state index >= 15 is 0 Å². The quantitative estimate of drug-likeness (QED) is 0.645. The fourth-order valence-corrected chi connectivity index (χ4v) is 2.03. The predicted octanol–water partition coefficient (Wildman–Crippen LogP) is 2.22. The average molecular weight is 329 g/mol. The Balaban J connectivity index is 2.26. The zero-order valence-corrected chi connectivity index (χ0v) is 13.0. The highest BCUT2D eigenvalue weighted by Gasteiger charge is 2.21. The van der Waals surface area contributed by atoms with Crippen molar-refractivity contribution in [1.82, 2.24) is 5.32 Å². The zero-order valence-electron chi connectivity index (χ0n) is 13.0. The standard InChI is InChI=1S/C16H15N3O5/c1-17-15(20)10-3-5-11(6-4-10)18-16(21)13-9-12(24-2)7-8-14(13)19(22)23/h3-9H,1-2H3,(H,17,20)(H,18,21). The summed E-state index contributed by atoms with van der Waals surface area (Å²) in [6.45, 7) is 0.